The number of halogens is 2. The first-order valence-electron chi connectivity index (χ1n) is 10.6. The minimum atomic E-state index is -0.937. The third-order valence-corrected chi connectivity index (χ3v) is 6.22. The van der Waals surface area contributed by atoms with Crippen molar-refractivity contribution >= 4 is 17.5 Å². The van der Waals surface area contributed by atoms with Gasteiger partial charge in [-0.15, -0.1) is 0 Å². The van der Waals surface area contributed by atoms with E-state index in [2.05, 4.69) is 4.98 Å². The second kappa shape index (κ2) is 8.52. The van der Waals surface area contributed by atoms with Crippen LogP contribution in [-0.2, 0) is 14.4 Å². The Labute approximate surface area is 186 Å². The molecule has 0 saturated heterocycles. The van der Waals surface area contributed by atoms with Gasteiger partial charge in [0.15, 0.2) is 11.6 Å². The molecule has 1 aromatic heterocycles. The van der Waals surface area contributed by atoms with E-state index in [4.69, 9.17) is 0 Å². The first-order valence-corrected chi connectivity index (χ1v) is 10.6. The number of carbonyl (C=O) groups is 3. The van der Waals surface area contributed by atoms with Crippen LogP contribution in [0.3, 0.4) is 0 Å². The molecule has 1 fully saturated rings. The minimum Gasteiger partial charge on any atom is -0.341 e. The maximum Gasteiger partial charge on any atom is 0.223 e. The van der Waals surface area contributed by atoms with Gasteiger partial charge in [-0.2, -0.15) is 0 Å². The zero-order valence-electron chi connectivity index (χ0n) is 19.3. The molecule has 1 heterocycles. The topological polar surface area (TPSA) is 67.3 Å². The van der Waals surface area contributed by atoms with E-state index in [1.807, 2.05) is 20.8 Å². The van der Waals surface area contributed by atoms with Crippen molar-refractivity contribution in [2.45, 2.75) is 58.9 Å². The molecule has 0 bridgehead atoms. The quantitative estimate of drug-likeness (QED) is 0.653. The molecule has 1 amide bonds. The van der Waals surface area contributed by atoms with E-state index >= 15 is 0 Å². The van der Waals surface area contributed by atoms with Gasteiger partial charge in [0.1, 0.15) is 23.2 Å². The Bertz CT molecular complexity index is 1080. The van der Waals surface area contributed by atoms with Gasteiger partial charge in [-0.3, -0.25) is 19.4 Å². The highest BCUT2D eigenvalue weighted by Crippen LogP contribution is 2.39. The Kier molecular flexibility index (Phi) is 6.31. The Morgan fingerprint density at radius 3 is 2.25 bits per heavy atom. The Balaban J connectivity index is 1.90. The number of ketones is 2. The smallest absolute Gasteiger partial charge is 0.223 e. The van der Waals surface area contributed by atoms with Gasteiger partial charge in [-0.1, -0.05) is 0 Å². The molecule has 0 N–H and O–H groups in total. The number of pyridine rings is 1. The predicted octanol–water partition coefficient (Wildman–Crippen LogP) is 4.53. The Morgan fingerprint density at radius 1 is 1.12 bits per heavy atom. The molecule has 2 aromatic rings. The number of nitrogens with zero attached hydrogens (tertiary/aromatic N) is 2. The van der Waals surface area contributed by atoms with Crippen molar-refractivity contribution in [1.29, 1.82) is 0 Å². The molecule has 1 aromatic carbocycles. The van der Waals surface area contributed by atoms with Gasteiger partial charge in [0.2, 0.25) is 5.91 Å². The average molecular weight is 443 g/mol. The number of aryl methyl sites for hydroxylation is 2. The summed E-state index contributed by atoms with van der Waals surface area (Å²) in [5.74, 6) is -3.78. The first-order chi connectivity index (χ1) is 14.8. The van der Waals surface area contributed by atoms with Crippen molar-refractivity contribution in [3.05, 3.63) is 52.7 Å². The van der Waals surface area contributed by atoms with Crippen molar-refractivity contribution in [3.63, 3.8) is 0 Å². The minimum absolute atomic E-state index is 0.00177. The molecule has 2 unspecified atom stereocenters. The maximum atomic E-state index is 14.2. The Hall–Kier alpha value is -2.96. The summed E-state index contributed by atoms with van der Waals surface area (Å²) in [6.07, 6.45) is 0.967. The van der Waals surface area contributed by atoms with Crippen LogP contribution < -0.4 is 0 Å². The molecule has 7 heteroatoms. The van der Waals surface area contributed by atoms with E-state index in [1.165, 1.54) is 0 Å². The monoisotopic (exact) mass is 442 g/mol. The van der Waals surface area contributed by atoms with Crippen molar-refractivity contribution in [1.82, 2.24) is 9.88 Å². The molecule has 2 atom stereocenters. The molecular weight excluding hydrogens is 414 g/mol. The van der Waals surface area contributed by atoms with Crippen LogP contribution in [0.1, 0.15) is 56.2 Å². The summed E-state index contributed by atoms with van der Waals surface area (Å²) in [5.41, 5.74) is 1.95. The standard InChI is InChI=1S/C25H28F2N2O3/c1-13-7-15(23-18(27)11-17(26)12-28-23)8-14(2)21(13)22-19(30)9-16(24(22)32)10-20(31)29(6)25(3,4)5/h7-8,11-12,16,22H,9-10H2,1-6H3. The van der Waals surface area contributed by atoms with E-state index in [9.17, 15) is 23.2 Å². The number of hydrogen-bond acceptors (Lipinski definition) is 4. The molecular formula is C25H28F2N2O3. The van der Waals surface area contributed by atoms with Gasteiger partial charge in [-0.25, -0.2) is 8.78 Å². The van der Waals surface area contributed by atoms with Crippen molar-refractivity contribution in [3.8, 4) is 11.3 Å². The fourth-order valence-electron chi connectivity index (χ4n) is 4.25. The van der Waals surface area contributed by atoms with Crippen molar-refractivity contribution < 1.29 is 23.2 Å². The van der Waals surface area contributed by atoms with E-state index in [0.717, 1.165) is 12.3 Å². The van der Waals surface area contributed by atoms with E-state index in [0.29, 0.717) is 22.3 Å². The molecule has 0 aliphatic heterocycles. The molecule has 170 valence electrons. The molecule has 3 rings (SSSR count). The number of hydrogen-bond donors (Lipinski definition) is 0. The second-order valence-corrected chi connectivity index (χ2v) is 9.54. The summed E-state index contributed by atoms with van der Waals surface area (Å²) < 4.78 is 27.4. The largest absolute Gasteiger partial charge is 0.341 e. The third-order valence-electron chi connectivity index (χ3n) is 6.22. The van der Waals surface area contributed by atoms with Crippen LogP contribution in [0.15, 0.2) is 24.4 Å². The highest BCUT2D eigenvalue weighted by molar-refractivity contribution is 6.15. The zero-order valence-corrected chi connectivity index (χ0v) is 19.3. The lowest BCUT2D eigenvalue weighted by Crippen LogP contribution is -2.43. The van der Waals surface area contributed by atoms with E-state index in [1.54, 1.807) is 37.9 Å². The third kappa shape index (κ3) is 4.47. The SMILES string of the molecule is Cc1cc(-c2ncc(F)cc2F)cc(C)c1C1C(=O)CC(CC(=O)N(C)C(C)(C)C)C1=O. The summed E-state index contributed by atoms with van der Waals surface area (Å²) >= 11 is 0. The van der Waals surface area contributed by atoms with Crippen LogP contribution >= 0.6 is 0 Å². The lowest BCUT2D eigenvalue weighted by molar-refractivity contribution is -0.137. The van der Waals surface area contributed by atoms with Gasteiger partial charge < -0.3 is 4.90 Å². The van der Waals surface area contributed by atoms with Crippen LogP contribution in [0.4, 0.5) is 8.78 Å². The second-order valence-electron chi connectivity index (χ2n) is 9.54. The van der Waals surface area contributed by atoms with Gasteiger partial charge in [0.05, 0.1) is 6.20 Å². The Morgan fingerprint density at radius 2 is 1.72 bits per heavy atom. The van der Waals surface area contributed by atoms with Gasteiger partial charge in [-0.05, 0) is 63.4 Å². The predicted molar refractivity (Wildman–Crippen MR) is 117 cm³/mol. The van der Waals surface area contributed by atoms with Gasteiger partial charge in [0, 0.05) is 43.0 Å². The average Bonchev–Trinajstić information content (AvgIpc) is 2.93. The lowest BCUT2D eigenvalue weighted by atomic mass is 9.85. The summed E-state index contributed by atoms with van der Waals surface area (Å²) in [6, 6.07) is 4.07. The van der Waals surface area contributed by atoms with Crippen LogP contribution in [0.5, 0.6) is 0 Å². The molecule has 1 aliphatic carbocycles. The van der Waals surface area contributed by atoms with Crippen LogP contribution in [0.2, 0.25) is 0 Å². The first kappa shape index (κ1) is 23.7. The summed E-state index contributed by atoms with van der Waals surface area (Å²) in [5, 5.41) is 0. The number of rotatable bonds is 4. The maximum absolute atomic E-state index is 14.2. The fourth-order valence-corrected chi connectivity index (χ4v) is 4.25. The lowest BCUT2D eigenvalue weighted by Gasteiger charge is -2.32. The van der Waals surface area contributed by atoms with E-state index < -0.39 is 23.5 Å². The number of Topliss-reactive ketones (excluding diaryl/α,β-unsaturated/α-hetero) is 2. The molecule has 1 aliphatic rings. The number of carbonyl (C=O) groups excluding carboxylic acids is 3. The molecule has 1 saturated carbocycles. The van der Waals surface area contributed by atoms with Gasteiger partial charge >= 0.3 is 0 Å². The summed E-state index contributed by atoms with van der Waals surface area (Å²) in [6.45, 7) is 9.21. The number of aromatic nitrogens is 1. The number of amides is 1. The highest BCUT2D eigenvalue weighted by atomic mass is 19.1. The van der Waals surface area contributed by atoms with Crippen molar-refractivity contribution in [2.75, 3.05) is 7.05 Å². The van der Waals surface area contributed by atoms with Crippen LogP contribution in [-0.4, -0.2) is 39.9 Å². The molecule has 0 spiro atoms. The van der Waals surface area contributed by atoms with Gasteiger partial charge in [0.25, 0.3) is 0 Å². The highest BCUT2D eigenvalue weighted by Gasteiger charge is 2.44. The molecule has 0 radical (unpaired) electrons. The zero-order chi connectivity index (χ0) is 24.0. The van der Waals surface area contributed by atoms with Crippen LogP contribution in [0, 0.1) is 31.4 Å². The van der Waals surface area contributed by atoms with Crippen molar-refractivity contribution in [2.24, 2.45) is 5.92 Å². The molecule has 5 nitrogen and oxygen atoms in total. The fraction of sp³-hybridized carbons (Fsp3) is 0.440. The molecule has 32 heavy (non-hydrogen) atoms. The summed E-state index contributed by atoms with van der Waals surface area (Å²) in [4.78, 5) is 44.1. The van der Waals surface area contributed by atoms with Crippen LogP contribution in [0.25, 0.3) is 11.3 Å². The van der Waals surface area contributed by atoms with E-state index in [-0.39, 0.29) is 41.5 Å². The normalized spacial score (nSPS) is 18.9. The number of benzene rings is 1. The summed E-state index contributed by atoms with van der Waals surface area (Å²) in [7, 11) is 1.69.